The fourth-order valence-electron chi connectivity index (χ4n) is 3.00. The van der Waals surface area contributed by atoms with Crippen LogP contribution in [-0.2, 0) is 14.3 Å². The van der Waals surface area contributed by atoms with Crippen molar-refractivity contribution in [2.45, 2.75) is 45.6 Å². The number of carbonyl (C=O) groups is 3. The monoisotopic (exact) mass is 376 g/mol. The lowest BCUT2D eigenvalue weighted by Crippen LogP contribution is -2.57. The van der Waals surface area contributed by atoms with E-state index in [0.717, 1.165) is 19.3 Å². The number of hydrogen-bond acceptors (Lipinski definition) is 5. The third kappa shape index (κ3) is 5.70. The number of para-hydroxylation sites is 1. The number of nitrogens with one attached hydrogen (secondary N) is 1. The molecule has 0 spiro atoms. The number of carbonyl (C=O) groups excluding carboxylic acids is 3. The molecule has 1 saturated heterocycles. The molecule has 1 fully saturated rings. The Bertz CT molecular complexity index is 662. The van der Waals surface area contributed by atoms with Crippen LogP contribution in [0.2, 0.25) is 0 Å². The molecule has 1 N–H and O–H groups in total. The molecular weight excluding hydrogens is 348 g/mol. The molecule has 0 radical (unpaired) electrons. The van der Waals surface area contributed by atoms with Gasteiger partial charge < -0.3 is 19.7 Å². The Morgan fingerprint density at radius 3 is 2.74 bits per heavy atom. The molecule has 0 aliphatic carbocycles. The molecular formula is C20H28N2O5. The van der Waals surface area contributed by atoms with Gasteiger partial charge in [-0.2, -0.15) is 0 Å². The minimum atomic E-state index is -0.876. The summed E-state index contributed by atoms with van der Waals surface area (Å²) in [7, 11) is 0. The van der Waals surface area contributed by atoms with E-state index in [9.17, 15) is 14.4 Å². The van der Waals surface area contributed by atoms with Gasteiger partial charge in [0, 0.05) is 13.1 Å². The molecule has 0 bridgehead atoms. The standard InChI is InChI=1S/C20H28N2O5/c1-3-5-8-13-27-17-10-7-6-9-15(17)20(25)22-12-11-21-19(24)16(22)14-18(23)26-4-2/h6-7,9-10,16H,3-5,8,11-14H2,1-2H3,(H,21,24)/t16-/m0/s1. The van der Waals surface area contributed by atoms with Crippen LogP contribution in [0.4, 0.5) is 0 Å². The van der Waals surface area contributed by atoms with Crippen LogP contribution >= 0.6 is 0 Å². The number of unbranched alkanes of at least 4 members (excludes halogenated alkanes) is 2. The zero-order valence-corrected chi connectivity index (χ0v) is 16.0. The third-order valence-corrected chi connectivity index (χ3v) is 4.38. The summed E-state index contributed by atoms with van der Waals surface area (Å²) in [5, 5.41) is 2.71. The molecule has 7 heteroatoms. The zero-order valence-electron chi connectivity index (χ0n) is 16.0. The lowest BCUT2D eigenvalue weighted by Gasteiger charge is -2.34. The number of piperazine rings is 1. The van der Waals surface area contributed by atoms with Gasteiger partial charge in [-0.1, -0.05) is 31.9 Å². The highest BCUT2D eigenvalue weighted by molar-refractivity contribution is 6.01. The molecule has 27 heavy (non-hydrogen) atoms. The maximum absolute atomic E-state index is 13.1. The van der Waals surface area contributed by atoms with Crippen LogP contribution in [0.3, 0.4) is 0 Å². The van der Waals surface area contributed by atoms with Crippen LogP contribution < -0.4 is 10.1 Å². The molecule has 7 nitrogen and oxygen atoms in total. The average Bonchev–Trinajstić information content (AvgIpc) is 2.67. The quantitative estimate of drug-likeness (QED) is 0.527. The average molecular weight is 376 g/mol. The maximum atomic E-state index is 13.1. The van der Waals surface area contributed by atoms with E-state index >= 15 is 0 Å². The summed E-state index contributed by atoms with van der Waals surface area (Å²) in [5.41, 5.74) is 0.401. The Hall–Kier alpha value is -2.57. The summed E-state index contributed by atoms with van der Waals surface area (Å²) < 4.78 is 10.7. The molecule has 0 aromatic heterocycles. The summed E-state index contributed by atoms with van der Waals surface area (Å²) in [4.78, 5) is 38.7. The van der Waals surface area contributed by atoms with Crippen LogP contribution in [0.25, 0.3) is 0 Å². The van der Waals surface area contributed by atoms with Crippen LogP contribution in [0.15, 0.2) is 24.3 Å². The minimum Gasteiger partial charge on any atom is -0.493 e. The molecule has 1 aliphatic heterocycles. The van der Waals surface area contributed by atoms with Crippen molar-refractivity contribution in [2.24, 2.45) is 0 Å². The first-order valence-corrected chi connectivity index (χ1v) is 9.54. The van der Waals surface area contributed by atoms with E-state index in [1.807, 2.05) is 6.07 Å². The maximum Gasteiger partial charge on any atom is 0.308 e. The number of amides is 2. The van der Waals surface area contributed by atoms with Gasteiger partial charge in [-0.3, -0.25) is 14.4 Å². The van der Waals surface area contributed by atoms with Crippen molar-refractivity contribution in [2.75, 3.05) is 26.3 Å². The van der Waals surface area contributed by atoms with Crippen molar-refractivity contribution < 1.29 is 23.9 Å². The topological polar surface area (TPSA) is 84.9 Å². The van der Waals surface area contributed by atoms with Crippen molar-refractivity contribution in [3.63, 3.8) is 0 Å². The molecule has 1 atom stereocenters. The van der Waals surface area contributed by atoms with Crippen LogP contribution in [0.5, 0.6) is 5.75 Å². The van der Waals surface area contributed by atoms with Gasteiger partial charge in [0.1, 0.15) is 11.8 Å². The number of nitrogens with zero attached hydrogens (tertiary/aromatic N) is 1. The molecule has 2 rings (SSSR count). The number of benzene rings is 1. The molecule has 0 unspecified atom stereocenters. The Balaban J connectivity index is 2.16. The Kier molecular flexibility index (Phi) is 8.10. The first-order chi connectivity index (χ1) is 13.1. The zero-order chi connectivity index (χ0) is 19.6. The lowest BCUT2D eigenvalue weighted by molar-refractivity contribution is -0.147. The van der Waals surface area contributed by atoms with Crippen molar-refractivity contribution in [3.8, 4) is 5.75 Å². The number of ether oxygens (including phenoxy) is 2. The fraction of sp³-hybridized carbons (Fsp3) is 0.550. The van der Waals surface area contributed by atoms with E-state index in [0.29, 0.717) is 31.0 Å². The number of hydrogen-bond donors (Lipinski definition) is 1. The molecule has 1 aromatic carbocycles. The van der Waals surface area contributed by atoms with E-state index in [1.54, 1.807) is 25.1 Å². The highest BCUT2D eigenvalue weighted by Crippen LogP contribution is 2.23. The first kappa shape index (κ1) is 20.7. The molecule has 1 aromatic rings. The van der Waals surface area contributed by atoms with Crippen LogP contribution in [0, 0.1) is 0 Å². The van der Waals surface area contributed by atoms with Gasteiger partial charge in [-0.25, -0.2) is 0 Å². The molecule has 0 saturated carbocycles. The van der Waals surface area contributed by atoms with Crippen molar-refractivity contribution in [1.29, 1.82) is 0 Å². The number of esters is 1. The minimum absolute atomic E-state index is 0.162. The summed E-state index contributed by atoms with van der Waals surface area (Å²) in [5.74, 6) is -0.657. The molecule has 2 amide bonds. The predicted molar refractivity (Wildman–Crippen MR) is 101 cm³/mol. The highest BCUT2D eigenvalue weighted by Gasteiger charge is 2.36. The van der Waals surface area contributed by atoms with E-state index < -0.39 is 12.0 Å². The van der Waals surface area contributed by atoms with Crippen LogP contribution in [-0.4, -0.2) is 55.0 Å². The largest absolute Gasteiger partial charge is 0.493 e. The van der Waals surface area contributed by atoms with Crippen molar-refractivity contribution >= 4 is 17.8 Å². The Morgan fingerprint density at radius 2 is 2.00 bits per heavy atom. The van der Waals surface area contributed by atoms with E-state index in [4.69, 9.17) is 9.47 Å². The second-order valence-electron chi connectivity index (χ2n) is 6.37. The molecule has 1 aliphatic rings. The Morgan fingerprint density at radius 1 is 1.22 bits per heavy atom. The highest BCUT2D eigenvalue weighted by atomic mass is 16.5. The molecule has 148 valence electrons. The second kappa shape index (κ2) is 10.5. The fourth-order valence-corrected chi connectivity index (χ4v) is 3.00. The molecule has 1 heterocycles. The second-order valence-corrected chi connectivity index (χ2v) is 6.37. The van der Waals surface area contributed by atoms with Gasteiger partial charge in [-0.05, 0) is 25.5 Å². The smallest absolute Gasteiger partial charge is 0.308 e. The first-order valence-electron chi connectivity index (χ1n) is 9.54. The Labute approximate surface area is 160 Å². The van der Waals surface area contributed by atoms with Gasteiger partial charge in [0.05, 0.1) is 25.2 Å². The van der Waals surface area contributed by atoms with E-state index in [2.05, 4.69) is 12.2 Å². The lowest BCUT2D eigenvalue weighted by atomic mass is 10.1. The third-order valence-electron chi connectivity index (χ3n) is 4.38. The summed E-state index contributed by atoms with van der Waals surface area (Å²) in [6.07, 6.45) is 2.90. The van der Waals surface area contributed by atoms with Crippen molar-refractivity contribution in [3.05, 3.63) is 29.8 Å². The SMILES string of the molecule is CCCCCOc1ccccc1C(=O)N1CCNC(=O)[C@@H]1CC(=O)OCC. The summed E-state index contributed by atoms with van der Waals surface area (Å²) in [6, 6.07) is 6.13. The summed E-state index contributed by atoms with van der Waals surface area (Å²) in [6.45, 7) is 5.26. The number of rotatable bonds is 9. The van der Waals surface area contributed by atoms with Gasteiger partial charge in [0.15, 0.2) is 0 Å². The normalized spacial score (nSPS) is 16.6. The van der Waals surface area contributed by atoms with Gasteiger partial charge in [0.25, 0.3) is 5.91 Å². The van der Waals surface area contributed by atoms with Gasteiger partial charge >= 0.3 is 5.97 Å². The van der Waals surface area contributed by atoms with Crippen molar-refractivity contribution in [1.82, 2.24) is 10.2 Å². The van der Waals surface area contributed by atoms with Gasteiger partial charge in [-0.15, -0.1) is 0 Å². The van der Waals surface area contributed by atoms with E-state index in [-0.39, 0.29) is 24.8 Å². The van der Waals surface area contributed by atoms with E-state index in [1.165, 1.54) is 4.90 Å². The van der Waals surface area contributed by atoms with Crippen LogP contribution in [0.1, 0.15) is 49.9 Å². The predicted octanol–water partition coefficient (Wildman–Crippen LogP) is 2.15. The van der Waals surface area contributed by atoms with Gasteiger partial charge in [0.2, 0.25) is 5.91 Å². The summed E-state index contributed by atoms with van der Waals surface area (Å²) >= 11 is 0.